The van der Waals surface area contributed by atoms with E-state index in [0.717, 1.165) is 30.6 Å². The van der Waals surface area contributed by atoms with Crippen LogP contribution in [0.1, 0.15) is 52.9 Å². The third-order valence-electron chi connectivity index (χ3n) is 4.71. The molecule has 0 aromatic heterocycles. The van der Waals surface area contributed by atoms with Crippen molar-refractivity contribution < 1.29 is 23.9 Å². The number of nitrogens with two attached hydrogens (primary N) is 1. The van der Waals surface area contributed by atoms with Crippen molar-refractivity contribution in [3.05, 3.63) is 0 Å². The molecule has 8 nitrogen and oxygen atoms in total. The van der Waals surface area contributed by atoms with E-state index in [2.05, 4.69) is 5.32 Å². The Morgan fingerprint density at radius 2 is 1.84 bits per heavy atom. The maximum Gasteiger partial charge on any atom is 0.408 e. The van der Waals surface area contributed by atoms with E-state index in [9.17, 15) is 19.2 Å². The number of carbonyl (C=O) groups excluding carboxylic acids is 4. The predicted octanol–water partition coefficient (Wildman–Crippen LogP) is 0.725. The Bertz CT molecular complexity index is 563. The van der Waals surface area contributed by atoms with Gasteiger partial charge in [0.25, 0.3) is 0 Å². The van der Waals surface area contributed by atoms with Gasteiger partial charge in [-0.1, -0.05) is 20.8 Å². The maximum absolute atomic E-state index is 12.9. The van der Waals surface area contributed by atoms with Crippen LogP contribution in [0.15, 0.2) is 0 Å². The molecule has 1 aliphatic carbocycles. The summed E-state index contributed by atoms with van der Waals surface area (Å²) in [6.07, 6.45) is 2.84. The number of alkyl carbamates (subject to hydrolysis) is 1. The Morgan fingerprint density at radius 1 is 1.24 bits per heavy atom. The number of nitrogens with one attached hydrogen (secondary N) is 1. The number of ketones is 1. The van der Waals surface area contributed by atoms with Gasteiger partial charge in [0.05, 0.1) is 6.54 Å². The highest BCUT2D eigenvalue weighted by Crippen LogP contribution is 2.26. The smallest absolute Gasteiger partial charge is 0.408 e. The lowest BCUT2D eigenvalue weighted by molar-refractivity contribution is -0.141. The van der Waals surface area contributed by atoms with E-state index in [1.54, 1.807) is 20.8 Å². The third-order valence-corrected chi connectivity index (χ3v) is 4.71. The zero-order valence-electron chi connectivity index (χ0n) is 15.0. The van der Waals surface area contributed by atoms with Gasteiger partial charge in [-0.05, 0) is 31.1 Å². The minimum absolute atomic E-state index is 0.0789. The molecule has 1 saturated heterocycles. The fourth-order valence-corrected chi connectivity index (χ4v) is 3.30. The number of hydrogen-bond acceptors (Lipinski definition) is 5. The van der Waals surface area contributed by atoms with Gasteiger partial charge in [0.1, 0.15) is 18.2 Å². The lowest BCUT2D eigenvalue weighted by Crippen LogP contribution is -2.57. The number of likely N-dealkylation sites (tertiary alicyclic amines) is 1. The Labute approximate surface area is 147 Å². The second kappa shape index (κ2) is 7.41. The first-order valence-electron chi connectivity index (χ1n) is 8.68. The molecule has 2 atom stereocenters. The molecule has 0 unspecified atom stereocenters. The van der Waals surface area contributed by atoms with Gasteiger partial charge in [0, 0.05) is 6.42 Å². The molecule has 3 N–H and O–H groups in total. The number of carbonyl (C=O) groups is 4. The first-order chi connectivity index (χ1) is 11.6. The minimum atomic E-state index is -0.961. The van der Waals surface area contributed by atoms with Crippen LogP contribution in [0, 0.1) is 5.41 Å². The SMILES string of the molecule is CC(C)(C)[C@H](NC(=O)OC1CCCC1)C(=O)N1CC(=O)C[C@H]1C(N)=O. The van der Waals surface area contributed by atoms with Crippen LogP contribution in [0.3, 0.4) is 0 Å². The first-order valence-corrected chi connectivity index (χ1v) is 8.68. The lowest BCUT2D eigenvalue weighted by Gasteiger charge is -2.34. The first kappa shape index (κ1) is 19.2. The van der Waals surface area contributed by atoms with E-state index in [1.807, 2.05) is 0 Å². The second-order valence-electron chi connectivity index (χ2n) is 7.88. The Morgan fingerprint density at radius 3 is 2.36 bits per heavy atom. The molecule has 0 bridgehead atoms. The van der Waals surface area contributed by atoms with Crippen LogP contribution in [-0.2, 0) is 19.1 Å². The van der Waals surface area contributed by atoms with Gasteiger partial charge in [-0.3, -0.25) is 14.4 Å². The molecule has 25 heavy (non-hydrogen) atoms. The van der Waals surface area contributed by atoms with Gasteiger partial charge >= 0.3 is 6.09 Å². The van der Waals surface area contributed by atoms with Crippen LogP contribution < -0.4 is 11.1 Å². The summed E-state index contributed by atoms with van der Waals surface area (Å²) in [4.78, 5) is 49.5. The van der Waals surface area contributed by atoms with Gasteiger partial charge in [0.2, 0.25) is 11.8 Å². The van der Waals surface area contributed by atoms with Crippen LogP contribution in [0.5, 0.6) is 0 Å². The largest absolute Gasteiger partial charge is 0.446 e. The maximum atomic E-state index is 12.9. The highest BCUT2D eigenvalue weighted by Gasteiger charge is 2.44. The van der Waals surface area contributed by atoms with Crippen molar-refractivity contribution in [2.24, 2.45) is 11.1 Å². The molecular formula is C17H27N3O5. The number of nitrogens with zero attached hydrogens (tertiary/aromatic N) is 1. The molecule has 2 aliphatic rings. The summed E-state index contributed by atoms with van der Waals surface area (Å²) in [5.74, 6) is -1.44. The van der Waals surface area contributed by atoms with E-state index < -0.39 is 35.4 Å². The molecule has 0 aromatic carbocycles. The van der Waals surface area contributed by atoms with Crippen molar-refractivity contribution in [2.45, 2.75) is 71.1 Å². The minimum Gasteiger partial charge on any atom is -0.446 e. The molecule has 0 aromatic rings. The van der Waals surface area contributed by atoms with Crippen molar-refractivity contribution in [1.29, 1.82) is 0 Å². The number of amides is 3. The lowest BCUT2D eigenvalue weighted by atomic mass is 9.85. The van der Waals surface area contributed by atoms with Crippen molar-refractivity contribution in [2.75, 3.05) is 6.54 Å². The summed E-state index contributed by atoms with van der Waals surface area (Å²) in [5, 5.41) is 2.62. The molecule has 1 saturated carbocycles. The number of Topliss-reactive ketones (excluding diaryl/α,β-unsaturated/α-hetero) is 1. The summed E-state index contributed by atoms with van der Waals surface area (Å²) >= 11 is 0. The van der Waals surface area contributed by atoms with E-state index in [1.165, 1.54) is 0 Å². The molecule has 140 valence electrons. The van der Waals surface area contributed by atoms with Crippen LogP contribution >= 0.6 is 0 Å². The van der Waals surface area contributed by atoms with Crippen molar-refractivity contribution in [1.82, 2.24) is 10.2 Å². The average molecular weight is 353 g/mol. The zero-order chi connectivity index (χ0) is 18.8. The molecule has 3 amide bonds. The third kappa shape index (κ3) is 4.70. The van der Waals surface area contributed by atoms with Crippen LogP contribution in [-0.4, -0.2) is 53.3 Å². The number of hydrogen-bond donors (Lipinski definition) is 2. The molecule has 0 radical (unpaired) electrons. The second-order valence-corrected chi connectivity index (χ2v) is 7.88. The van der Waals surface area contributed by atoms with Crippen LogP contribution in [0.2, 0.25) is 0 Å². The van der Waals surface area contributed by atoms with Gasteiger partial charge in [0.15, 0.2) is 5.78 Å². The Balaban J connectivity index is 2.10. The zero-order valence-corrected chi connectivity index (χ0v) is 15.0. The molecule has 2 rings (SSSR count). The van der Waals surface area contributed by atoms with Gasteiger partial charge < -0.3 is 20.7 Å². The summed E-state index contributed by atoms with van der Waals surface area (Å²) in [6.45, 7) is 5.21. The highest BCUT2D eigenvalue weighted by atomic mass is 16.6. The molecule has 0 spiro atoms. The quantitative estimate of drug-likeness (QED) is 0.772. The van der Waals surface area contributed by atoms with Crippen LogP contribution in [0.25, 0.3) is 0 Å². The molecule has 2 fully saturated rings. The number of rotatable bonds is 4. The summed E-state index contributed by atoms with van der Waals surface area (Å²) in [7, 11) is 0. The van der Waals surface area contributed by atoms with E-state index >= 15 is 0 Å². The summed E-state index contributed by atoms with van der Waals surface area (Å²) < 4.78 is 5.37. The van der Waals surface area contributed by atoms with Gasteiger partial charge in [-0.25, -0.2) is 4.79 Å². The predicted molar refractivity (Wildman–Crippen MR) is 89.4 cm³/mol. The van der Waals surface area contributed by atoms with Crippen molar-refractivity contribution in [3.63, 3.8) is 0 Å². The fraction of sp³-hybridized carbons (Fsp3) is 0.765. The normalized spacial score (nSPS) is 22.8. The van der Waals surface area contributed by atoms with E-state index in [0.29, 0.717) is 0 Å². The molecule has 1 heterocycles. The van der Waals surface area contributed by atoms with Gasteiger partial charge in [-0.2, -0.15) is 0 Å². The molecular weight excluding hydrogens is 326 g/mol. The van der Waals surface area contributed by atoms with Crippen molar-refractivity contribution in [3.8, 4) is 0 Å². The standard InChI is InChI=1S/C17H27N3O5/c1-17(2,3)13(19-16(24)25-11-6-4-5-7-11)15(23)20-9-10(21)8-12(20)14(18)22/h11-13H,4-9H2,1-3H3,(H2,18,22)(H,19,24)/t12-,13+/m0/s1. The van der Waals surface area contributed by atoms with E-state index in [4.69, 9.17) is 10.5 Å². The summed E-state index contributed by atoms with van der Waals surface area (Å²) in [6, 6.07) is -1.88. The average Bonchev–Trinajstić information content (AvgIpc) is 3.12. The Hall–Kier alpha value is -2.12. The van der Waals surface area contributed by atoms with Crippen LogP contribution in [0.4, 0.5) is 4.79 Å². The van der Waals surface area contributed by atoms with Gasteiger partial charge in [-0.15, -0.1) is 0 Å². The topological polar surface area (TPSA) is 119 Å². The number of primary amides is 1. The highest BCUT2D eigenvalue weighted by molar-refractivity contribution is 6.00. The summed E-state index contributed by atoms with van der Waals surface area (Å²) in [5.41, 5.74) is 4.69. The molecule has 1 aliphatic heterocycles. The number of ether oxygens (including phenoxy) is 1. The Kier molecular flexibility index (Phi) is 5.69. The van der Waals surface area contributed by atoms with Crippen molar-refractivity contribution >= 4 is 23.7 Å². The fourth-order valence-electron chi connectivity index (χ4n) is 3.30. The molecule has 8 heteroatoms. The van der Waals surface area contributed by atoms with E-state index in [-0.39, 0.29) is 24.9 Å². The monoisotopic (exact) mass is 353 g/mol.